The van der Waals surface area contributed by atoms with Crippen molar-refractivity contribution in [2.75, 3.05) is 50.9 Å². The quantitative estimate of drug-likeness (QED) is 0.743. The Balaban J connectivity index is 1.67. The normalized spacial score (nSPS) is 27.3. The van der Waals surface area contributed by atoms with Gasteiger partial charge in [0.25, 0.3) is 0 Å². The van der Waals surface area contributed by atoms with Crippen LogP contribution in [0.2, 0.25) is 0 Å². The van der Waals surface area contributed by atoms with Gasteiger partial charge in [-0.3, -0.25) is 4.79 Å². The van der Waals surface area contributed by atoms with Gasteiger partial charge in [-0.25, -0.2) is 9.97 Å². The summed E-state index contributed by atoms with van der Waals surface area (Å²) in [6.45, 7) is 7.35. The van der Waals surface area contributed by atoms with E-state index in [1.807, 2.05) is 11.1 Å². The van der Waals surface area contributed by atoms with Crippen molar-refractivity contribution in [2.24, 2.45) is 0 Å². The van der Waals surface area contributed by atoms with Crippen LogP contribution in [0.1, 0.15) is 24.6 Å². The minimum atomic E-state index is -0.177. The Bertz CT molecular complexity index is 617. The van der Waals surface area contributed by atoms with Gasteiger partial charge in [0.05, 0.1) is 37.5 Å². The Kier molecular flexibility index (Phi) is 3.69. The first kappa shape index (κ1) is 14.8. The van der Waals surface area contributed by atoms with Gasteiger partial charge in [-0.05, 0) is 6.42 Å². The number of nitrogens with zero attached hydrogens (tertiary/aromatic N) is 4. The van der Waals surface area contributed by atoms with Crippen molar-refractivity contribution in [1.82, 2.24) is 14.9 Å². The third-order valence-corrected chi connectivity index (χ3v) is 5.08. The molecule has 7 heteroatoms. The molecule has 1 spiro atoms. The summed E-state index contributed by atoms with van der Waals surface area (Å²) in [4.78, 5) is 25.2. The second kappa shape index (κ2) is 5.72. The number of likely N-dealkylation sites (tertiary alicyclic amines) is 1. The molecule has 7 nitrogen and oxygen atoms in total. The molecule has 4 rings (SSSR count). The molecular formula is C16H22N4O3. The molecule has 1 aromatic heterocycles. The van der Waals surface area contributed by atoms with E-state index in [1.54, 1.807) is 6.92 Å². The van der Waals surface area contributed by atoms with Crippen LogP contribution in [0.3, 0.4) is 0 Å². The van der Waals surface area contributed by atoms with Gasteiger partial charge < -0.3 is 19.3 Å². The Labute approximate surface area is 135 Å². The van der Waals surface area contributed by atoms with Crippen LogP contribution < -0.4 is 4.90 Å². The van der Waals surface area contributed by atoms with Crippen LogP contribution in [0.4, 0.5) is 5.95 Å². The van der Waals surface area contributed by atoms with E-state index >= 15 is 0 Å². The van der Waals surface area contributed by atoms with E-state index in [9.17, 15) is 4.79 Å². The van der Waals surface area contributed by atoms with E-state index in [2.05, 4.69) is 9.88 Å². The fourth-order valence-electron chi connectivity index (χ4n) is 3.76. The van der Waals surface area contributed by atoms with Gasteiger partial charge in [0, 0.05) is 44.9 Å². The summed E-state index contributed by atoms with van der Waals surface area (Å²) >= 11 is 0. The third kappa shape index (κ3) is 2.57. The van der Waals surface area contributed by atoms with Gasteiger partial charge in [0.15, 0.2) is 0 Å². The van der Waals surface area contributed by atoms with Crippen LogP contribution in [-0.4, -0.2) is 66.8 Å². The fourth-order valence-corrected chi connectivity index (χ4v) is 3.76. The van der Waals surface area contributed by atoms with Crippen LogP contribution in [-0.2, 0) is 26.3 Å². The maximum absolute atomic E-state index is 11.7. The average molecular weight is 318 g/mol. The first-order valence-electron chi connectivity index (χ1n) is 8.20. The molecule has 0 aromatic carbocycles. The lowest BCUT2D eigenvalue weighted by Crippen LogP contribution is -2.42. The Morgan fingerprint density at radius 3 is 2.83 bits per heavy atom. The van der Waals surface area contributed by atoms with E-state index in [-0.39, 0.29) is 11.3 Å². The molecule has 4 heterocycles. The molecular weight excluding hydrogens is 296 g/mol. The van der Waals surface area contributed by atoms with Crippen molar-refractivity contribution in [3.8, 4) is 0 Å². The molecule has 0 unspecified atom stereocenters. The predicted octanol–water partition coefficient (Wildman–Crippen LogP) is 0.333. The van der Waals surface area contributed by atoms with Gasteiger partial charge in [-0.2, -0.15) is 0 Å². The van der Waals surface area contributed by atoms with Crippen LogP contribution >= 0.6 is 0 Å². The monoisotopic (exact) mass is 318 g/mol. The molecule has 2 fully saturated rings. The van der Waals surface area contributed by atoms with E-state index < -0.39 is 0 Å². The second-order valence-electron chi connectivity index (χ2n) is 6.61. The predicted molar refractivity (Wildman–Crippen MR) is 83.3 cm³/mol. The highest BCUT2D eigenvalue weighted by Crippen LogP contribution is 2.39. The number of ether oxygens (including phenoxy) is 2. The zero-order chi connectivity index (χ0) is 15.9. The molecule has 3 aliphatic heterocycles. The molecule has 0 radical (unpaired) electrons. The zero-order valence-corrected chi connectivity index (χ0v) is 13.5. The second-order valence-corrected chi connectivity index (χ2v) is 6.61. The molecule has 0 N–H and O–H groups in total. The molecule has 0 bridgehead atoms. The molecule has 124 valence electrons. The largest absolute Gasteiger partial charge is 0.378 e. The summed E-state index contributed by atoms with van der Waals surface area (Å²) in [7, 11) is 0. The number of hydrogen-bond acceptors (Lipinski definition) is 6. The van der Waals surface area contributed by atoms with E-state index in [4.69, 9.17) is 14.5 Å². The van der Waals surface area contributed by atoms with Crippen LogP contribution in [0.25, 0.3) is 0 Å². The maximum Gasteiger partial charge on any atom is 0.225 e. The van der Waals surface area contributed by atoms with E-state index in [0.29, 0.717) is 33.0 Å². The lowest BCUT2D eigenvalue weighted by molar-refractivity contribution is -0.128. The molecule has 1 aromatic rings. The van der Waals surface area contributed by atoms with Crippen LogP contribution in [0.5, 0.6) is 0 Å². The molecule has 3 aliphatic rings. The molecule has 1 atom stereocenters. The summed E-state index contributed by atoms with van der Waals surface area (Å²) in [5.41, 5.74) is 1.95. The number of rotatable bonds is 1. The van der Waals surface area contributed by atoms with Crippen molar-refractivity contribution in [3.63, 3.8) is 0 Å². The molecule has 1 amide bonds. The summed E-state index contributed by atoms with van der Waals surface area (Å²) in [5, 5.41) is 0. The maximum atomic E-state index is 11.7. The van der Waals surface area contributed by atoms with Gasteiger partial charge >= 0.3 is 0 Å². The zero-order valence-electron chi connectivity index (χ0n) is 13.5. The molecule has 0 aliphatic carbocycles. The fraction of sp³-hybridized carbons (Fsp3) is 0.688. The number of carbonyl (C=O) groups is 1. The summed E-state index contributed by atoms with van der Waals surface area (Å²) in [5.74, 6) is 0.894. The van der Waals surface area contributed by atoms with Gasteiger partial charge in [-0.15, -0.1) is 0 Å². The van der Waals surface area contributed by atoms with Gasteiger partial charge in [0.1, 0.15) is 0 Å². The number of carbonyl (C=O) groups excluding carboxylic acids is 1. The van der Waals surface area contributed by atoms with Crippen molar-refractivity contribution >= 4 is 11.9 Å². The number of aromatic nitrogens is 2. The minimum Gasteiger partial charge on any atom is -0.378 e. The standard InChI is InChI=1S/C16H22N4O3/c1-12(21)20-3-2-16(10-20)11-23-9-13-8-17-15(18-14(13)16)19-4-6-22-7-5-19/h8H,2-7,9-11H2,1H3/t16-/m0/s1. The van der Waals surface area contributed by atoms with Crippen molar-refractivity contribution < 1.29 is 14.3 Å². The minimum absolute atomic E-state index is 0.122. The first-order valence-corrected chi connectivity index (χ1v) is 8.20. The highest BCUT2D eigenvalue weighted by molar-refractivity contribution is 5.74. The third-order valence-electron chi connectivity index (χ3n) is 5.08. The van der Waals surface area contributed by atoms with E-state index in [1.165, 1.54) is 0 Å². The molecule has 2 saturated heterocycles. The Hall–Kier alpha value is -1.73. The topological polar surface area (TPSA) is 67.8 Å². The first-order chi connectivity index (χ1) is 11.2. The highest BCUT2D eigenvalue weighted by atomic mass is 16.5. The molecule has 0 saturated carbocycles. The Morgan fingerprint density at radius 1 is 1.26 bits per heavy atom. The molecule has 23 heavy (non-hydrogen) atoms. The number of hydrogen-bond donors (Lipinski definition) is 0. The van der Waals surface area contributed by atoms with E-state index in [0.717, 1.165) is 43.3 Å². The number of anilines is 1. The van der Waals surface area contributed by atoms with Crippen molar-refractivity contribution in [3.05, 3.63) is 17.5 Å². The van der Waals surface area contributed by atoms with Crippen molar-refractivity contribution in [1.29, 1.82) is 0 Å². The van der Waals surface area contributed by atoms with Crippen LogP contribution in [0.15, 0.2) is 6.20 Å². The Morgan fingerprint density at radius 2 is 2.09 bits per heavy atom. The number of amides is 1. The van der Waals surface area contributed by atoms with Crippen molar-refractivity contribution in [2.45, 2.75) is 25.4 Å². The number of morpholine rings is 1. The lowest BCUT2D eigenvalue weighted by Gasteiger charge is -2.35. The highest BCUT2D eigenvalue weighted by Gasteiger charge is 2.45. The smallest absolute Gasteiger partial charge is 0.225 e. The van der Waals surface area contributed by atoms with Crippen LogP contribution in [0, 0.1) is 0 Å². The van der Waals surface area contributed by atoms with Gasteiger partial charge in [-0.1, -0.05) is 0 Å². The number of fused-ring (bicyclic) bond motifs is 2. The summed E-state index contributed by atoms with van der Waals surface area (Å²) in [6, 6.07) is 0. The lowest BCUT2D eigenvalue weighted by atomic mass is 9.80. The summed E-state index contributed by atoms with van der Waals surface area (Å²) < 4.78 is 11.2. The SMILES string of the molecule is CC(=O)N1CC[C@@]2(COCc3cnc(N4CCOCC4)nc32)C1. The summed E-state index contributed by atoms with van der Waals surface area (Å²) in [6.07, 6.45) is 2.80. The van der Waals surface area contributed by atoms with Gasteiger partial charge in [0.2, 0.25) is 11.9 Å². The average Bonchev–Trinajstić information content (AvgIpc) is 3.01.